The fourth-order valence-corrected chi connectivity index (χ4v) is 9.43. The zero-order valence-electron chi connectivity index (χ0n) is 30.1. The van der Waals surface area contributed by atoms with Crippen molar-refractivity contribution >= 4 is 17.1 Å². The van der Waals surface area contributed by atoms with Gasteiger partial charge in [0.05, 0.1) is 22.8 Å². The van der Waals surface area contributed by atoms with Gasteiger partial charge in [0.2, 0.25) is 0 Å². The van der Waals surface area contributed by atoms with Crippen LogP contribution >= 0.6 is 0 Å². The molecule has 7 heteroatoms. The Morgan fingerprint density at radius 1 is 0.840 bits per heavy atom. The highest BCUT2D eigenvalue weighted by Gasteiger charge is 2.42. The summed E-state index contributed by atoms with van der Waals surface area (Å²) in [6.07, 6.45) is 10.1. The average molecular weight is 668 g/mol. The second-order valence-electron chi connectivity index (χ2n) is 16.9. The van der Waals surface area contributed by atoms with E-state index in [1.807, 2.05) is 31.9 Å². The van der Waals surface area contributed by atoms with Crippen LogP contribution in [0, 0.1) is 17.8 Å². The van der Waals surface area contributed by atoms with E-state index in [0.717, 1.165) is 46.4 Å². The summed E-state index contributed by atoms with van der Waals surface area (Å²) in [5.41, 5.74) is 12.1. The largest absolute Gasteiger partial charge is 0.444 e. The lowest BCUT2D eigenvalue weighted by Gasteiger charge is -2.31. The first-order chi connectivity index (χ1) is 24.1. The van der Waals surface area contributed by atoms with Crippen molar-refractivity contribution in [3.05, 3.63) is 83.6 Å². The molecule has 258 valence electrons. The van der Waals surface area contributed by atoms with Gasteiger partial charge in [-0.1, -0.05) is 56.3 Å². The number of carbonyl (C=O) groups excluding carboxylic acids is 1. The molecule has 0 radical (unpaired) electrons. The third-order valence-electron chi connectivity index (χ3n) is 12.0. The summed E-state index contributed by atoms with van der Waals surface area (Å²) in [5.74, 6) is 5.15. The van der Waals surface area contributed by atoms with E-state index < -0.39 is 5.60 Å². The number of likely N-dealkylation sites (tertiary alicyclic amines) is 1. The number of fused-ring (bicyclic) bond motifs is 4. The molecule has 2 aromatic heterocycles. The average Bonchev–Trinajstić information content (AvgIpc) is 3.90. The maximum absolute atomic E-state index is 13.0. The number of hydrogen-bond donors (Lipinski definition) is 2. The predicted molar refractivity (Wildman–Crippen MR) is 199 cm³/mol. The van der Waals surface area contributed by atoms with E-state index in [1.165, 1.54) is 66.6 Å². The van der Waals surface area contributed by atoms with Crippen molar-refractivity contribution in [1.29, 1.82) is 0 Å². The minimum absolute atomic E-state index is 0.114. The molecule has 1 aliphatic heterocycles. The molecular formula is C43H49N5O2. The van der Waals surface area contributed by atoms with Crippen molar-refractivity contribution in [1.82, 2.24) is 24.8 Å². The number of aromatic amines is 2. The van der Waals surface area contributed by atoms with Gasteiger partial charge in [0.15, 0.2) is 0 Å². The second kappa shape index (κ2) is 11.9. The standard InChI is InChI=1S/C43H49N5O2/c1-24-6-7-30(18-24)40-45-35-17-13-29(21-36(35)46-40)31-15-16-32(39-33-14-12-28(33)20-34(31)39)26-8-10-27(11-9-26)37-22-44-41(47-37)38-19-25(2)23-48(38)42(49)50-43(3,4)5/h8-11,13,15-17,21-22,24-25,28,30,33,38H,6-7,12,14,18-20,23H2,1-5H3,(H,44,47)(H,45,46)/t24-,25+,28?,30+,33?,38+/m1/s1. The van der Waals surface area contributed by atoms with Gasteiger partial charge in [-0.2, -0.15) is 0 Å². The Hall–Kier alpha value is -4.39. The Balaban J connectivity index is 0.988. The Morgan fingerprint density at radius 2 is 1.62 bits per heavy atom. The highest BCUT2D eigenvalue weighted by Crippen LogP contribution is 2.56. The molecule has 3 fully saturated rings. The first kappa shape index (κ1) is 31.6. The monoisotopic (exact) mass is 667 g/mol. The molecule has 3 aliphatic carbocycles. The predicted octanol–water partition coefficient (Wildman–Crippen LogP) is 10.6. The number of rotatable bonds is 5. The van der Waals surface area contributed by atoms with Crippen LogP contribution in [0.1, 0.15) is 114 Å². The lowest BCUT2D eigenvalue weighted by atomic mass is 9.73. The van der Waals surface area contributed by atoms with Crippen molar-refractivity contribution in [3.63, 3.8) is 0 Å². The molecule has 0 bridgehead atoms. The highest BCUT2D eigenvalue weighted by atomic mass is 16.6. The lowest BCUT2D eigenvalue weighted by molar-refractivity contribution is 0.0214. The lowest BCUT2D eigenvalue weighted by Crippen LogP contribution is -2.37. The molecule has 50 heavy (non-hydrogen) atoms. The van der Waals surface area contributed by atoms with Gasteiger partial charge in [-0.25, -0.2) is 14.8 Å². The summed E-state index contributed by atoms with van der Waals surface area (Å²) in [5, 5.41) is 0. The van der Waals surface area contributed by atoms with Crippen LogP contribution < -0.4 is 0 Å². The van der Waals surface area contributed by atoms with Crippen LogP contribution in [0.4, 0.5) is 4.79 Å². The summed E-state index contributed by atoms with van der Waals surface area (Å²) >= 11 is 0. The maximum Gasteiger partial charge on any atom is 0.410 e. The van der Waals surface area contributed by atoms with E-state index in [9.17, 15) is 4.79 Å². The van der Waals surface area contributed by atoms with Crippen LogP contribution in [0.2, 0.25) is 0 Å². The van der Waals surface area contributed by atoms with Gasteiger partial charge in [-0.15, -0.1) is 0 Å². The van der Waals surface area contributed by atoms with E-state index in [1.54, 1.807) is 11.1 Å². The normalized spacial score (nSPS) is 25.9. The quantitative estimate of drug-likeness (QED) is 0.195. The smallest absolute Gasteiger partial charge is 0.410 e. The van der Waals surface area contributed by atoms with Crippen molar-refractivity contribution in [2.75, 3.05) is 6.54 Å². The molecule has 2 unspecified atom stereocenters. The maximum atomic E-state index is 13.0. The molecular weight excluding hydrogens is 619 g/mol. The summed E-state index contributed by atoms with van der Waals surface area (Å²) in [4.78, 5) is 32.0. The summed E-state index contributed by atoms with van der Waals surface area (Å²) in [7, 11) is 0. The number of aromatic nitrogens is 4. The first-order valence-electron chi connectivity index (χ1n) is 18.9. The molecule has 7 nitrogen and oxygen atoms in total. The van der Waals surface area contributed by atoms with E-state index in [4.69, 9.17) is 14.7 Å². The molecule has 4 aliphatic rings. The highest BCUT2D eigenvalue weighted by molar-refractivity contribution is 5.86. The van der Waals surface area contributed by atoms with Crippen LogP contribution in [-0.4, -0.2) is 43.1 Å². The number of hydrogen-bond acceptors (Lipinski definition) is 4. The zero-order valence-corrected chi connectivity index (χ0v) is 30.1. The van der Waals surface area contributed by atoms with Crippen molar-refractivity contribution in [2.24, 2.45) is 17.8 Å². The SMILES string of the molecule is C[C@@H]1CC[C@H](c2nc3ccc(-c4ccc(-c5ccc(-c6c[nH]c([C@@H]7C[C@H](C)CN7C(=O)OC(C)(C)C)n6)cc5)c5c4CC4CCC54)cc3[nH]2)C1. The third-order valence-corrected chi connectivity index (χ3v) is 12.0. The molecule has 5 aromatic rings. The number of carbonyl (C=O) groups is 1. The zero-order chi connectivity index (χ0) is 34.3. The van der Waals surface area contributed by atoms with Crippen molar-refractivity contribution < 1.29 is 9.53 Å². The van der Waals surface area contributed by atoms with Gasteiger partial charge in [0.25, 0.3) is 0 Å². The van der Waals surface area contributed by atoms with Crippen LogP contribution in [0.15, 0.2) is 60.8 Å². The number of nitrogens with one attached hydrogen (secondary N) is 2. The van der Waals surface area contributed by atoms with E-state index in [0.29, 0.717) is 24.3 Å². The Bertz CT molecular complexity index is 2080. The van der Waals surface area contributed by atoms with Gasteiger partial charge in [0, 0.05) is 24.2 Å². The van der Waals surface area contributed by atoms with Crippen molar-refractivity contribution in [2.45, 2.75) is 103 Å². The number of nitrogens with zero attached hydrogens (tertiary/aromatic N) is 3. The van der Waals surface area contributed by atoms with Crippen LogP contribution in [0.5, 0.6) is 0 Å². The van der Waals surface area contributed by atoms with Gasteiger partial charge < -0.3 is 14.7 Å². The molecule has 3 aromatic carbocycles. The summed E-state index contributed by atoms with van der Waals surface area (Å²) < 4.78 is 5.73. The van der Waals surface area contributed by atoms with Crippen LogP contribution in [0.25, 0.3) is 44.5 Å². The van der Waals surface area contributed by atoms with Crippen LogP contribution in [-0.2, 0) is 11.2 Å². The second-order valence-corrected chi connectivity index (χ2v) is 16.9. The molecule has 2 N–H and O–H groups in total. The number of imidazole rings is 2. The van der Waals surface area contributed by atoms with Gasteiger partial charge >= 0.3 is 6.09 Å². The minimum atomic E-state index is -0.532. The van der Waals surface area contributed by atoms with Crippen molar-refractivity contribution in [3.8, 4) is 33.5 Å². The van der Waals surface area contributed by atoms with Gasteiger partial charge in [-0.3, -0.25) is 4.90 Å². The number of benzene rings is 3. The number of amides is 1. The van der Waals surface area contributed by atoms with E-state index in [-0.39, 0.29) is 12.1 Å². The molecule has 6 atom stereocenters. The summed E-state index contributed by atoms with van der Waals surface area (Å²) in [6, 6.07) is 20.4. The minimum Gasteiger partial charge on any atom is -0.444 e. The number of ether oxygens (including phenoxy) is 1. The van der Waals surface area contributed by atoms with E-state index in [2.05, 4.69) is 78.4 Å². The molecule has 0 spiro atoms. The third kappa shape index (κ3) is 5.53. The summed E-state index contributed by atoms with van der Waals surface area (Å²) in [6.45, 7) is 11.0. The Morgan fingerprint density at radius 3 is 2.36 bits per heavy atom. The number of H-pyrrole nitrogens is 2. The Kier molecular flexibility index (Phi) is 7.49. The topological polar surface area (TPSA) is 86.9 Å². The molecule has 2 saturated carbocycles. The first-order valence-corrected chi connectivity index (χ1v) is 18.9. The van der Waals surface area contributed by atoms with Crippen LogP contribution in [0.3, 0.4) is 0 Å². The van der Waals surface area contributed by atoms with Gasteiger partial charge in [0.1, 0.15) is 17.2 Å². The van der Waals surface area contributed by atoms with E-state index >= 15 is 0 Å². The Labute approximate surface area is 295 Å². The molecule has 9 rings (SSSR count). The molecule has 1 saturated heterocycles. The molecule has 3 heterocycles. The fourth-order valence-electron chi connectivity index (χ4n) is 9.43. The van der Waals surface area contributed by atoms with Gasteiger partial charge in [-0.05, 0) is 135 Å². The fraction of sp³-hybridized carbons (Fsp3) is 0.465. The molecule has 1 amide bonds.